The van der Waals surface area contributed by atoms with Crippen molar-refractivity contribution in [1.29, 1.82) is 0 Å². The average molecular weight is 307 g/mol. The lowest BCUT2D eigenvalue weighted by atomic mass is 10.1. The highest BCUT2D eigenvalue weighted by Gasteiger charge is 2.39. The molecule has 10 heteroatoms. The van der Waals surface area contributed by atoms with Crippen LogP contribution in [-0.4, -0.2) is 26.8 Å². The highest BCUT2D eigenvalue weighted by molar-refractivity contribution is 6.32. The van der Waals surface area contributed by atoms with Crippen molar-refractivity contribution in [3.63, 3.8) is 0 Å². The summed E-state index contributed by atoms with van der Waals surface area (Å²) in [5.41, 5.74) is 4.03. The molecule has 2 rings (SSSR count). The lowest BCUT2D eigenvalue weighted by Crippen LogP contribution is -2.15. The fourth-order valence-corrected chi connectivity index (χ4v) is 1.89. The number of halogens is 4. The number of aryl methyl sites for hydroxylation is 1. The lowest BCUT2D eigenvalue weighted by Gasteiger charge is -2.15. The zero-order valence-electron chi connectivity index (χ0n) is 10.5. The minimum absolute atomic E-state index is 0.0238. The average Bonchev–Trinajstić information content (AvgIpc) is 2.67. The van der Waals surface area contributed by atoms with Crippen molar-refractivity contribution >= 4 is 23.4 Å². The third kappa shape index (κ3) is 2.36. The van der Waals surface area contributed by atoms with E-state index in [9.17, 15) is 13.2 Å². The van der Waals surface area contributed by atoms with Crippen molar-refractivity contribution in [2.75, 3.05) is 18.1 Å². The molecule has 0 amide bonds. The van der Waals surface area contributed by atoms with Gasteiger partial charge in [0.25, 0.3) is 0 Å². The third-order valence-corrected chi connectivity index (χ3v) is 3.02. The normalized spacial score (nSPS) is 11.7. The molecule has 2 aromatic heterocycles. The molecule has 0 spiro atoms. The van der Waals surface area contributed by atoms with Crippen molar-refractivity contribution < 1.29 is 13.2 Å². The molecule has 0 aromatic carbocycles. The second-order valence-electron chi connectivity index (χ2n) is 3.87. The smallest absolute Gasteiger partial charge is 0.372 e. The number of rotatable bonds is 2. The first-order valence-corrected chi connectivity index (χ1v) is 5.73. The third-order valence-electron chi connectivity index (χ3n) is 2.57. The highest BCUT2D eigenvalue weighted by Crippen LogP contribution is 2.41. The first kappa shape index (κ1) is 14.4. The van der Waals surface area contributed by atoms with Crippen LogP contribution in [0.1, 0.15) is 5.56 Å². The largest absolute Gasteiger partial charge is 0.422 e. The summed E-state index contributed by atoms with van der Waals surface area (Å²) >= 11 is 5.92. The SMILES string of the molecule is CNc1nc(N)nc(-c2cnn(C)c2Cl)c1C(F)(F)F. The Morgan fingerprint density at radius 3 is 2.45 bits per heavy atom. The molecule has 0 aliphatic heterocycles. The van der Waals surface area contributed by atoms with Gasteiger partial charge in [-0.1, -0.05) is 11.6 Å². The maximum Gasteiger partial charge on any atom is 0.422 e. The van der Waals surface area contributed by atoms with Crippen LogP contribution in [0.4, 0.5) is 24.9 Å². The predicted molar refractivity (Wildman–Crippen MR) is 68.2 cm³/mol. The van der Waals surface area contributed by atoms with Crippen LogP contribution in [-0.2, 0) is 13.2 Å². The second-order valence-corrected chi connectivity index (χ2v) is 4.23. The molecule has 3 N–H and O–H groups in total. The molecule has 0 aliphatic rings. The van der Waals surface area contributed by atoms with Gasteiger partial charge in [-0.3, -0.25) is 4.68 Å². The molecule has 0 fully saturated rings. The van der Waals surface area contributed by atoms with Crippen LogP contribution in [0, 0.1) is 0 Å². The Bertz CT molecular complexity index is 651. The quantitative estimate of drug-likeness (QED) is 0.888. The predicted octanol–water partition coefficient (Wildman–Crippen LogP) is 2.17. The van der Waals surface area contributed by atoms with Crippen LogP contribution < -0.4 is 11.1 Å². The number of hydrogen-bond acceptors (Lipinski definition) is 5. The number of nitrogens with zero attached hydrogens (tertiary/aromatic N) is 4. The van der Waals surface area contributed by atoms with Gasteiger partial charge >= 0.3 is 6.18 Å². The highest BCUT2D eigenvalue weighted by atomic mass is 35.5. The van der Waals surface area contributed by atoms with Gasteiger partial charge in [0.05, 0.1) is 17.5 Å². The molecule has 0 radical (unpaired) electrons. The molecule has 2 aromatic rings. The van der Waals surface area contributed by atoms with E-state index in [1.165, 1.54) is 25.0 Å². The number of aromatic nitrogens is 4. The topological polar surface area (TPSA) is 81.7 Å². The Morgan fingerprint density at radius 2 is 2.00 bits per heavy atom. The monoisotopic (exact) mass is 306 g/mol. The summed E-state index contributed by atoms with van der Waals surface area (Å²) in [6.45, 7) is 0. The molecule has 0 unspecified atom stereocenters. The minimum Gasteiger partial charge on any atom is -0.372 e. The van der Waals surface area contributed by atoms with Crippen molar-refractivity contribution in [2.45, 2.75) is 6.18 Å². The Balaban J connectivity index is 2.81. The number of hydrogen-bond donors (Lipinski definition) is 2. The number of nitrogens with two attached hydrogens (primary N) is 1. The first-order chi connectivity index (χ1) is 9.25. The number of anilines is 2. The van der Waals surface area contributed by atoms with Crippen LogP contribution in [0.3, 0.4) is 0 Å². The molecule has 0 saturated carbocycles. The van der Waals surface area contributed by atoms with E-state index in [1.54, 1.807) is 0 Å². The van der Waals surface area contributed by atoms with Gasteiger partial charge in [0, 0.05) is 14.1 Å². The fourth-order valence-electron chi connectivity index (χ4n) is 1.70. The van der Waals surface area contributed by atoms with E-state index in [-0.39, 0.29) is 16.7 Å². The summed E-state index contributed by atoms with van der Waals surface area (Å²) in [5, 5.41) is 6.18. The van der Waals surface area contributed by atoms with Crippen molar-refractivity contribution in [3.8, 4) is 11.3 Å². The Hall–Kier alpha value is -2.03. The second kappa shape index (κ2) is 4.82. The number of nitrogen functional groups attached to an aromatic ring is 1. The number of nitrogens with one attached hydrogen (secondary N) is 1. The molecular weight excluding hydrogens is 297 g/mol. The van der Waals surface area contributed by atoms with Crippen LogP contribution in [0.5, 0.6) is 0 Å². The van der Waals surface area contributed by atoms with Gasteiger partial charge in [0.2, 0.25) is 5.95 Å². The van der Waals surface area contributed by atoms with Gasteiger partial charge in [0.1, 0.15) is 16.5 Å². The summed E-state index contributed by atoms with van der Waals surface area (Å²) in [6, 6.07) is 0. The Kier molecular flexibility index (Phi) is 3.46. The van der Waals surface area contributed by atoms with Crippen LogP contribution >= 0.6 is 11.6 Å². The van der Waals surface area contributed by atoms with E-state index in [2.05, 4.69) is 20.4 Å². The Labute approximate surface area is 116 Å². The van der Waals surface area contributed by atoms with E-state index in [0.29, 0.717) is 0 Å². The lowest BCUT2D eigenvalue weighted by molar-refractivity contribution is -0.136. The number of alkyl halides is 3. The maximum atomic E-state index is 13.2. The van der Waals surface area contributed by atoms with E-state index in [1.807, 2.05) is 0 Å². The van der Waals surface area contributed by atoms with Gasteiger partial charge in [-0.2, -0.15) is 23.3 Å². The van der Waals surface area contributed by atoms with E-state index in [4.69, 9.17) is 17.3 Å². The molecule has 20 heavy (non-hydrogen) atoms. The maximum absolute atomic E-state index is 13.2. The van der Waals surface area contributed by atoms with Crippen LogP contribution in [0.2, 0.25) is 5.15 Å². The summed E-state index contributed by atoms with van der Waals surface area (Å²) in [6.07, 6.45) is -3.47. The first-order valence-electron chi connectivity index (χ1n) is 5.36. The minimum atomic E-state index is -4.67. The van der Waals surface area contributed by atoms with Gasteiger partial charge < -0.3 is 11.1 Å². The van der Waals surface area contributed by atoms with Crippen molar-refractivity contribution in [3.05, 3.63) is 16.9 Å². The van der Waals surface area contributed by atoms with E-state index < -0.39 is 23.3 Å². The molecule has 108 valence electrons. The molecule has 2 heterocycles. The molecule has 0 atom stereocenters. The standard InChI is InChI=1S/C10H10ClF3N6/c1-16-8-5(10(12,13)14)6(18-9(15)19-8)4-3-17-20(2)7(4)11/h3H,1-2H3,(H3,15,16,18,19). The van der Waals surface area contributed by atoms with E-state index in [0.717, 1.165) is 0 Å². The van der Waals surface area contributed by atoms with Crippen LogP contribution in [0.25, 0.3) is 11.3 Å². The Morgan fingerprint density at radius 1 is 1.35 bits per heavy atom. The summed E-state index contributed by atoms with van der Waals surface area (Å²) in [5.74, 6) is -0.711. The van der Waals surface area contributed by atoms with Crippen molar-refractivity contribution in [2.24, 2.45) is 7.05 Å². The summed E-state index contributed by atoms with van der Waals surface area (Å²) in [4.78, 5) is 7.21. The fraction of sp³-hybridized carbons (Fsp3) is 0.300. The zero-order chi connectivity index (χ0) is 15.1. The summed E-state index contributed by atoms with van der Waals surface area (Å²) in [7, 11) is 2.81. The van der Waals surface area contributed by atoms with E-state index >= 15 is 0 Å². The zero-order valence-corrected chi connectivity index (χ0v) is 11.2. The summed E-state index contributed by atoms with van der Waals surface area (Å²) < 4.78 is 40.9. The molecule has 6 nitrogen and oxygen atoms in total. The van der Waals surface area contributed by atoms with Gasteiger partial charge in [-0.25, -0.2) is 4.98 Å². The molecule has 0 bridgehead atoms. The molecule has 0 saturated heterocycles. The molecular formula is C10H10ClF3N6. The van der Waals surface area contributed by atoms with Crippen LogP contribution in [0.15, 0.2) is 6.20 Å². The van der Waals surface area contributed by atoms with Gasteiger partial charge in [0.15, 0.2) is 0 Å². The van der Waals surface area contributed by atoms with Crippen molar-refractivity contribution in [1.82, 2.24) is 19.7 Å². The molecule has 0 aliphatic carbocycles. The van der Waals surface area contributed by atoms with Gasteiger partial charge in [-0.05, 0) is 0 Å². The van der Waals surface area contributed by atoms with Gasteiger partial charge in [-0.15, -0.1) is 0 Å².